The summed E-state index contributed by atoms with van der Waals surface area (Å²) in [6.07, 6.45) is 6.57. The summed E-state index contributed by atoms with van der Waals surface area (Å²) in [5, 5.41) is 5.24. The molecule has 0 atom stereocenters. The van der Waals surface area contributed by atoms with Crippen molar-refractivity contribution in [1.82, 2.24) is 9.88 Å². The minimum Gasteiger partial charge on any atom is -0.339 e. The Kier molecular flexibility index (Phi) is 7.13. The molecule has 156 valence electrons. The van der Waals surface area contributed by atoms with E-state index in [-0.39, 0.29) is 22.8 Å². The lowest BCUT2D eigenvalue weighted by Gasteiger charge is -2.30. The molecule has 0 bridgehead atoms. The number of carbonyl (C=O) groups is 3. The number of piperidine rings is 1. The van der Waals surface area contributed by atoms with Gasteiger partial charge in [0.1, 0.15) is 5.82 Å². The Balaban J connectivity index is 1.45. The number of pyridine rings is 1. The molecule has 1 aliphatic heterocycles. The van der Waals surface area contributed by atoms with Crippen molar-refractivity contribution in [3.05, 3.63) is 65.7 Å². The van der Waals surface area contributed by atoms with E-state index in [0.717, 1.165) is 12.1 Å². The fourth-order valence-electron chi connectivity index (χ4n) is 3.05. The molecule has 1 aromatic carbocycles. The normalized spacial score (nSPS) is 14.5. The molecule has 2 aromatic rings. The van der Waals surface area contributed by atoms with E-state index in [1.807, 2.05) is 0 Å². The Labute approximate surface area is 177 Å². The van der Waals surface area contributed by atoms with Gasteiger partial charge in [-0.1, -0.05) is 11.6 Å². The monoisotopic (exact) mass is 430 g/mol. The lowest BCUT2D eigenvalue weighted by atomic mass is 9.95. The van der Waals surface area contributed by atoms with Crippen LogP contribution in [0.1, 0.15) is 12.8 Å². The van der Waals surface area contributed by atoms with Crippen molar-refractivity contribution in [2.75, 3.05) is 23.7 Å². The summed E-state index contributed by atoms with van der Waals surface area (Å²) in [5.74, 6) is -1.69. The van der Waals surface area contributed by atoms with Gasteiger partial charge in [-0.2, -0.15) is 0 Å². The quantitative estimate of drug-likeness (QED) is 0.712. The van der Waals surface area contributed by atoms with Gasteiger partial charge in [0.2, 0.25) is 17.7 Å². The molecule has 1 aliphatic rings. The van der Waals surface area contributed by atoms with Gasteiger partial charge in [0.05, 0.1) is 5.02 Å². The fraction of sp³-hybridized carbons (Fsp3) is 0.238. The highest BCUT2D eigenvalue weighted by Crippen LogP contribution is 2.20. The Hall–Kier alpha value is -3.26. The lowest BCUT2D eigenvalue weighted by Crippen LogP contribution is -2.40. The van der Waals surface area contributed by atoms with Gasteiger partial charge in [-0.15, -0.1) is 0 Å². The number of nitrogens with zero attached hydrogens (tertiary/aromatic N) is 2. The number of anilines is 2. The largest absolute Gasteiger partial charge is 0.339 e. The molecule has 1 aromatic heterocycles. The number of hydrogen-bond acceptors (Lipinski definition) is 4. The number of hydrogen-bond donors (Lipinski definition) is 2. The Morgan fingerprint density at radius 1 is 1.03 bits per heavy atom. The Bertz CT molecular complexity index is 960. The van der Waals surface area contributed by atoms with Gasteiger partial charge in [0, 0.05) is 54.9 Å². The number of amides is 3. The molecule has 3 rings (SSSR count). The molecule has 1 saturated heterocycles. The number of nitrogens with one attached hydrogen (secondary N) is 2. The standard InChI is InChI=1S/C21H20ClFN4O3/c22-17-13-16(1-2-18(17)23)25-19(28)3-4-20(29)27-11-7-14(8-12-27)21(30)26-15-5-9-24-10-6-15/h1-6,9-10,13-14H,7-8,11-12H2,(H,25,28)(H,24,26,30)/b4-3+. The summed E-state index contributed by atoms with van der Waals surface area (Å²) in [6.45, 7) is 0.847. The van der Waals surface area contributed by atoms with Crippen molar-refractivity contribution in [2.45, 2.75) is 12.8 Å². The van der Waals surface area contributed by atoms with Gasteiger partial charge in [-0.3, -0.25) is 19.4 Å². The van der Waals surface area contributed by atoms with Crippen LogP contribution in [-0.2, 0) is 14.4 Å². The summed E-state index contributed by atoms with van der Waals surface area (Å²) in [7, 11) is 0. The molecule has 0 radical (unpaired) electrons. The molecule has 0 unspecified atom stereocenters. The summed E-state index contributed by atoms with van der Waals surface area (Å²) >= 11 is 5.67. The maximum absolute atomic E-state index is 13.1. The molecular weight excluding hydrogens is 411 g/mol. The van der Waals surface area contributed by atoms with Gasteiger partial charge >= 0.3 is 0 Å². The Morgan fingerprint density at radius 2 is 1.73 bits per heavy atom. The molecule has 2 heterocycles. The van der Waals surface area contributed by atoms with Crippen LogP contribution in [-0.4, -0.2) is 40.7 Å². The SMILES string of the molecule is O=C(/C=C/C(=O)N1CCC(C(=O)Nc2ccncc2)CC1)Nc1ccc(F)c(Cl)c1. The van der Waals surface area contributed by atoms with Gasteiger partial charge in [-0.25, -0.2) is 4.39 Å². The predicted molar refractivity (Wildman–Crippen MR) is 111 cm³/mol. The first-order chi connectivity index (χ1) is 14.4. The van der Waals surface area contributed by atoms with Gasteiger partial charge in [0.15, 0.2) is 0 Å². The number of rotatable bonds is 5. The smallest absolute Gasteiger partial charge is 0.248 e. The molecule has 0 spiro atoms. The third-order valence-corrected chi connectivity index (χ3v) is 4.98. The average Bonchev–Trinajstić information content (AvgIpc) is 2.75. The molecular formula is C21H20ClFN4O3. The summed E-state index contributed by atoms with van der Waals surface area (Å²) in [5.41, 5.74) is 1.01. The number of aromatic nitrogens is 1. The molecule has 3 amide bonds. The average molecular weight is 431 g/mol. The second-order valence-corrected chi connectivity index (χ2v) is 7.18. The Morgan fingerprint density at radius 3 is 2.40 bits per heavy atom. The predicted octanol–water partition coefficient (Wildman–Crippen LogP) is 3.25. The molecule has 2 N–H and O–H groups in total. The van der Waals surface area contributed by atoms with Crippen molar-refractivity contribution >= 4 is 40.7 Å². The van der Waals surface area contributed by atoms with Gasteiger partial charge < -0.3 is 15.5 Å². The van der Waals surface area contributed by atoms with Crippen molar-refractivity contribution in [3.8, 4) is 0 Å². The fourth-order valence-corrected chi connectivity index (χ4v) is 3.23. The minimum atomic E-state index is -0.585. The number of benzene rings is 1. The molecule has 30 heavy (non-hydrogen) atoms. The summed E-state index contributed by atoms with van der Waals surface area (Å²) < 4.78 is 13.1. The molecule has 0 saturated carbocycles. The number of halogens is 2. The van der Waals surface area contributed by atoms with Gasteiger partial charge in [-0.05, 0) is 43.2 Å². The zero-order valence-corrected chi connectivity index (χ0v) is 16.7. The topological polar surface area (TPSA) is 91.4 Å². The van der Waals surface area contributed by atoms with Crippen molar-refractivity contribution < 1.29 is 18.8 Å². The molecule has 0 aliphatic carbocycles. The van der Waals surface area contributed by atoms with Crippen molar-refractivity contribution in [1.29, 1.82) is 0 Å². The first-order valence-electron chi connectivity index (χ1n) is 9.36. The lowest BCUT2D eigenvalue weighted by molar-refractivity contribution is -0.130. The second-order valence-electron chi connectivity index (χ2n) is 6.78. The van der Waals surface area contributed by atoms with Crippen LogP contribution in [0.25, 0.3) is 0 Å². The zero-order chi connectivity index (χ0) is 21.5. The maximum atomic E-state index is 13.1. The van der Waals surface area contributed by atoms with E-state index in [9.17, 15) is 18.8 Å². The third-order valence-electron chi connectivity index (χ3n) is 4.69. The van der Waals surface area contributed by atoms with E-state index in [1.165, 1.54) is 18.2 Å². The van der Waals surface area contributed by atoms with Crippen molar-refractivity contribution in [2.24, 2.45) is 5.92 Å². The van der Waals surface area contributed by atoms with E-state index in [0.29, 0.717) is 37.3 Å². The summed E-state index contributed by atoms with van der Waals surface area (Å²) in [4.78, 5) is 42.1. The van der Waals surface area contributed by atoms with E-state index in [1.54, 1.807) is 29.4 Å². The van der Waals surface area contributed by atoms with E-state index in [4.69, 9.17) is 11.6 Å². The van der Waals surface area contributed by atoms with E-state index < -0.39 is 11.7 Å². The van der Waals surface area contributed by atoms with E-state index >= 15 is 0 Å². The van der Waals surface area contributed by atoms with E-state index in [2.05, 4.69) is 15.6 Å². The highest BCUT2D eigenvalue weighted by Gasteiger charge is 2.26. The minimum absolute atomic E-state index is 0.0822. The van der Waals surface area contributed by atoms with Crippen LogP contribution in [0.2, 0.25) is 5.02 Å². The first-order valence-corrected chi connectivity index (χ1v) is 9.74. The highest BCUT2D eigenvalue weighted by atomic mass is 35.5. The van der Waals surface area contributed by atoms with Crippen LogP contribution >= 0.6 is 11.6 Å². The zero-order valence-electron chi connectivity index (χ0n) is 16.0. The van der Waals surface area contributed by atoms with Gasteiger partial charge in [0.25, 0.3) is 0 Å². The van der Waals surface area contributed by atoms with Crippen LogP contribution < -0.4 is 10.6 Å². The molecule has 1 fully saturated rings. The first kappa shape index (κ1) is 21.4. The van der Waals surface area contributed by atoms with Crippen LogP contribution in [0, 0.1) is 11.7 Å². The highest BCUT2D eigenvalue weighted by molar-refractivity contribution is 6.31. The van der Waals surface area contributed by atoms with Crippen LogP contribution in [0.3, 0.4) is 0 Å². The van der Waals surface area contributed by atoms with Crippen LogP contribution in [0.4, 0.5) is 15.8 Å². The number of likely N-dealkylation sites (tertiary alicyclic amines) is 1. The molecule has 7 nitrogen and oxygen atoms in total. The van der Waals surface area contributed by atoms with Crippen molar-refractivity contribution in [3.63, 3.8) is 0 Å². The maximum Gasteiger partial charge on any atom is 0.248 e. The van der Waals surface area contributed by atoms with Crippen LogP contribution in [0.15, 0.2) is 54.9 Å². The molecule has 9 heteroatoms. The summed E-state index contributed by atoms with van der Waals surface area (Å²) in [6, 6.07) is 7.23. The second kappa shape index (κ2) is 9.98. The number of carbonyl (C=O) groups excluding carboxylic acids is 3. The third kappa shape index (κ3) is 5.87. The van der Waals surface area contributed by atoms with Crippen LogP contribution in [0.5, 0.6) is 0 Å².